The Labute approximate surface area is 105 Å². The van der Waals surface area contributed by atoms with Crippen LogP contribution in [0.2, 0.25) is 0 Å². The molecule has 0 saturated heterocycles. The van der Waals surface area contributed by atoms with Crippen molar-refractivity contribution in [1.29, 1.82) is 0 Å². The average molecular weight is 245 g/mol. The number of hydrazine groups is 1. The number of anilines is 3. The quantitative estimate of drug-likeness (QED) is 0.462. The maximum atomic E-state index is 5.57. The topological polar surface area (TPSA) is 115 Å². The van der Waals surface area contributed by atoms with Gasteiger partial charge in [-0.2, -0.15) is 9.97 Å². The number of hydrogen-bond donors (Lipinski definition) is 4. The predicted molar refractivity (Wildman–Crippen MR) is 70.6 cm³/mol. The monoisotopic (exact) mass is 245 g/mol. The van der Waals surface area contributed by atoms with Crippen LogP contribution in [0.15, 0.2) is 24.5 Å². The number of aromatic nitrogens is 3. The van der Waals surface area contributed by atoms with Crippen molar-refractivity contribution in [1.82, 2.24) is 15.0 Å². The molecule has 6 N–H and O–H groups in total. The molecular weight excluding hydrogens is 230 g/mol. The highest BCUT2D eigenvalue weighted by Gasteiger charge is 2.02. The Balaban J connectivity index is 2.11. The number of hydrogen-bond acceptors (Lipinski definition) is 7. The molecule has 2 aromatic rings. The van der Waals surface area contributed by atoms with Gasteiger partial charge in [-0.25, -0.2) is 5.84 Å². The molecule has 2 rings (SSSR count). The molecule has 94 valence electrons. The summed E-state index contributed by atoms with van der Waals surface area (Å²) in [4.78, 5) is 12.0. The minimum atomic E-state index is 0.166. The van der Waals surface area contributed by atoms with Crippen LogP contribution in [0.3, 0.4) is 0 Å². The summed E-state index contributed by atoms with van der Waals surface area (Å²) in [5.41, 5.74) is 10.3. The van der Waals surface area contributed by atoms with Crippen LogP contribution >= 0.6 is 0 Å². The van der Waals surface area contributed by atoms with Crippen molar-refractivity contribution in [3.8, 4) is 0 Å². The van der Waals surface area contributed by atoms with Gasteiger partial charge in [-0.05, 0) is 24.1 Å². The smallest absolute Gasteiger partial charge is 0.223 e. The van der Waals surface area contributed by atoms with E-state index in [1.165, 1.54) is 0 Å². The van der Waals surface area contributed by atoms with Crippen molar-refractivity contribution < 1.29 is 0 Å². The van der Waals surface area contributed by atoms with Crippen LogP contribution in [0.5, 0.6) is 0 Å². The van der Waals surface area contributed by atoms with Gasteiger partial charge in [0.25, 0.3) is 0 Å². The maximum absolute atomic E-state index is 5.57. The summed E-state index contributed by atoms with van der Waals surface area (Å²) in [7, 11) is 0. The molecule has 0 aromatic carbocycles. The maximum Gasteiger partial charge on any atom is 0.223 e. The molecular formula is C11H15N7. The molecule has 0 atom stereocenters. The second-order valence-electron chi connectivity index (χ2n) is 3.80. The molecule has 0 spiro atoms. The van der Waals surface area contributed by atoms with Crippen LogP contribution < -0.4 is 22.3 Å². The molecule has 0 aliphatic rings. The number of rotatable bonds is 4. The summed E-state index contributed by atoms with van der Waals surface area (Å²) in [6, 6.07) is 3.64. The summed E-state index contributed by atoms with van der Waals surface area (Å²) in [6.45, 7) is 2.64. The van der Waals surface area contributed by atoms with Crippen LogP contribution in [-0.2, 0) is 6.54 Å². The van der Waals surface area contributed by atoms with Gasteiger partial charge >= 0.3 is 0 Å². The Morgan fingerprint density at radius 1 is 1.28 bits per heavy atom. The molecule has 7 nitrogen and oxygen atoms in total. The first-order chi connectivity index (χ1) is 8.69. The SMILES string of the molecule is Cc1cnccc1CNc1cc(NN)nc(N)n1. The Morgan fingerprint density at radius 3 is 2.78 bits per heavy atom. The minimum absolute atomic E-state index is 0.166. The van der Waals surface area contributed by atoms with E-state index in [0.29, 0.717) is 18.2 Å². The average Bonchev–Trinajstić information content (AvgIpc) is 2.37. The zero-order valence-corrected chi connectivity index (χ0v) is 10.0. The van der Waals surface area contributed by atoms with E-state index < -0.39 is 0 Å². The molecule has 0 saturated carbocycles. The lowest BCUT2D eigenvalue weighted by molar-refractivity contribution is 1.06. The Bertz CT molecular complexity index is 541. The van der Waals surface area contributed by atoms with Gasteiger partial charge in [0.2, 0.25) is 5.95 Å². The fraction of sp³-hybridized carbons (Fsp3) is 0.182. The van der Waals surface area contributed by atoms with Gasteiger partial charge < -0.3 is 16.5 Å². The second kappa shape index (κ2) is 5.28. The first-order valence-corrected chi connectivity index (χ1v) is 5.43. The van der Waals surface area contributed by atoms with E-state index >= 15 is 0 Å². The lowest BCUT2D eigenvalue weighted by Gasteiger charge is -2.09. The molecule has 0 unspecified atom stereocenters. The van der Waals surface area contributed by atoms with Crippen LogP contribution in [0.25, 0.3) is 0 Å². The molecule has 7 heteroatoms. The van der Waals surface area contributed by atoms with E-state index in [1.54, 1.807) is 12.3 Å². The summed E-state index contributed by atoms with van der Waals surface area (Å²) >= 11 is 0. The Kier molecular flexibility index (Phi) is 3.54. The van der Waals surface area contributed by atoms with Crippen molar-refractivity contribution >= 4 is 17.6 Å². The normalized spacial score (nSPS) is 10.1. The highest BCUT2D eigenvalue weighted by atomic mass is 15.3. The van der Waals surface area contributed by atoms with E-state index in [9.17, 15) is 0 Å². The summed E-state index contributed by atoms with van der Waals surface area (Å²) in [6.07, 6.45) is 3.57. The number of aryl methyl sites for hydroxylation is 1. The van der Waals surface area contributed by atoms with Crippen molar-refractivity contribution in [2.24, 2.45) is 5.84 Å². The highest BCUT2D eigenvalue weighted by molar-refractivity contribution is 5.50. The number of nitrogens with zero attached hydrogens (tertiary/aromatic N) is 3. The van der Waals surface area contributed by atoms with Gasteiger partial charge in [-0.15, -0.1) is 0 Å². The molecule has 0 bridgehead atoms. The van der Waals surface area contributed by atoms with E-state index in [-0.39, 0.29) is 5.95 Å². The molecule has 18 heavy (non-hydrogen) atoms. The van der Waals surface area contributed by atoms with Crippen LogP contribution in [0, 0.1) is 6.92 Å². The molecule has 0 aliphatic carbocycles. The van der Waals surface area contributed by atoms with Crippen molar-refractivity contribution in [2.45, 2.75) is 13.5 Å². The van der Waals surface area contributed by atoms with Gasteiger partial charge in [0, 0.05) is 25.0 Å². The second-order valence-corrected chi connectivity index (χ2v) is 3.80. The predicted octanol–water partition coefficient (Wildman–Crippen LogP) is 0.660. The first kappa shape index (κ1) is 12.1. The highest BCUT2D eigenvalue weighted by Crippen LogP contribution is 2.13. The number of pyridine rings is 1. The number of nitrogen functional groups attached to an aromatic ring is 2. The number of nitrogens with one attached hydrogen (secondary N) is 2. The standard InChI is InChI=1S/C11H15N7/c1-7-5-14-3-2-8(7)6-15-9-4-10(18-13)17-11(12)16-9/h2-5H,6,13H2,1H3,(H4,12,15,16,17,18). The lowest BCUT2D eigenvalue weighted by Crippen LogP contribution is -2.12. The van der Waals surface area contributed by atoms with E-state index in [2.05, 4.69) is 25.7 Å². The summed E-state index contributed by atoms with van der Waals surface area (Å²) < 4.78 is 0. The van der Waals surface area contributed by atoms with Crippen molar-refractivity contribution in [3.05, 3.63) is 35.7 Å². The molecule has 0 aliphatic heterocycles. The van der Waals surface area contributed by atoms with Gasteiger partial charge in [0.1, 0.15) is 11.6 Å². The summed E-state index contributed by atoms with van der Waals surface area (Å²) in [5, 5.41) is 3.16. The zero-order chi connectivity index (χ0) is 13.0. The summed E-state index contributed by atoms with van der Waals surface area (Å²) in [5.74, 6) is 6.54. The van der Waals surface area contributed by atoms with Gasteiger partial charge in [-0.1, -0.05) is 0 Å². The van der Waals surface area contributed by atoms with Crippen LogP contribution in [-0.4, -0.2) is 15.0 Å². The van der Waals surface area contributed by atoms with Crippen LogP contribution in [0.1, 0.15) is 11.1 Å². The fourth-order valence-electron chi connectivity index (χ4n) is 1.52. The van der Waals surface area contributed by atoms with Gasteiger partial charge in [-0.3, -0.25) is 4.98 Å². The van der Waals surface area contributed by atoms with Gasteiger partial charge in [0.15, 0.2) is 0 Å². The van der Waals surface area contributed by atoms with Gasteiger partial charge in [0.05, 0.1) is 0 Å². The first-order valence-electron chi connectivity index (χ1n) is 5.43. The molecule has 2 heterocycles. The third kappa shape index (κ3) is 2.83. The number of nitrogens with two attached hydrogens (primary N) is 2. The van der Waals surface area contributed by atoms with Crippen molar-refractivity contribution in [3.63, 3.8) is 0 Å². The molecule has 0 fully saturated rings. The largest absolute Gasteiger partial charge is 0.368 e. The third-order valence-electron chi connectivity index (χ3n) is 2.49. The zero-order valence-electron chi connectivity index (χ0n) is 10.0. The minimum Gasteiger partial charge on any atom is -0.368 e. The van der Waals surface area contributed by atoms with Crippen LogP contribution in [0.4, 0.5) is 17.6 Å². The van der Waals surface area contributed by atoms with E-state index in [1.807, 2.05) is 19.2 Å². The Morgan fingerprint density at radius 2 is 2.06 bits per heavy atom. The molecule has 0 amide bonds. The third-order valence-corrected chi connectivity index (χ3v) is 2.49. The molecule has 0 radical (unpaired) electrons. The van der Waals surface area contributed by atoms with E-state index in [0.717, 1.165) is 11.1 Å². The Hall–Kier alpha value is -2.41. The van der Waals surface area contributed by atoms with E-state index in [4.69, 9.17) is 11.6 Å². The lowest BCUT2D eigenvalue weighted by atomic mass is 10.1. The molecule has 2 aromatic heterocycles. The fourth-order valence-corrected chi connectivity index (χ4v) is 1.52. The van der Waals surface area contributed by atoms with Crippen molar-refractivity contribution in [2.75, 3.05) is 16.5 Å².